The highest BCUT2D eigenvalue weighted by Crippen LogP contribution is 2.30. The minimum absolute atomic E-state index is 0.00415. The number of nitrogens with zero attached hydrogens (tertiary/aromatic N) is 1. The number of benzene rings is 1. The summed E-state index contributed by atoms with van der Waals surface area (Å²) < 4.78 is 1.10. The van der Waals surface area contributed by atoms with Gasteiger partial charge in [-0.15, -0.1) is 11.3 Å². The molecule has 5 heteroatoms. The van der Waals surface area contributed by atoms with Crippen molar-refractivity contribution in [2.24, 2.45) is 5.92 Å². The smallest absolute Gasteiger partial charge is 0.0907 e. The second kappa shape index (κ2) is 5.12. The van der Waals surface area contributed by atoms with E-state index in [1.807, 2.05) is 19.1 Å². The molecule has 1 atom stereocenters. The Kier molecular flexibility index (Phi) is 3.73. The Hall–Kier alpha value is -1.33. The third-order valence-electron chi connectivity index (χ3n) is 3.01. The molecule has 18 heavy (non-hydrogen) atoms. The molecular formula is C13H19N3OS. The van der Waals surface area contributed by atoms with Crippen molar-refractivity contribution >= 4 is 32.9 Å². The van der Waals surface area contributed by atoms with Crippen LogP contribution in [0.4, 0.5) is 11.4 Å². The van der Waals surface area contributed by atoms with Crippen molar-refractivity contribution in [1.29, 1.82) is 0 Å². The highest BCUT2D eigenvalue weighted by molar-refractivity contribution is 7.18. The molecule has 0 aliphatic carbocycles. The number of hydrogen-bond acceptors (Lipinski definition) is 5. The minimum atomic E-state index is 0.00415. The standard InChI is InChI=1S/C13H19N3OS/c1-7(2)12(6-17)16-10-5-11-13(4-9(10)14)18-8(3)15-11/h4-5,7,12,16-17H,6,14H2,1-3H3/t12-/m1/s1. The van der Waals surface area contributed by atoms with Gasteiger partial charge in [0.25, 0.3) is 0 Å². The second-order valence-corrected chi connectivity index (χ2v) is 6.05. The van der Waals surface area contributed by atoms with Gasteiger partial charge in [-0.05, 0) is 25.0 Å². The highest BCUT2D eigenvalue weighted by Gasteiger charge is 2.14. The van der Waals surface area contributed by atoms with Gasteiger partial charge in [-0.25, -0.2) is 4.98 Å². The Morgan fingerprint density at radius 3 is 2.78 bits per heavy atom. The van der Waals surface area contributed by atoms with Crippen LogP contribution in [0.3, 0.4) is 0 Å². The number of hydrogen-bond donors (Lipinski definition) is 3. The second-order valence-electron chi connectivity index (χ2n) is 4.82. The van der Waals surface area contributed by atoms with E-state index >= 15 is 0 Å². The predicted octanol–water partition coefficient (Wildman–Crippen LogP) is 2.62. The minimum Gasteiger partial charge on any atom is -0.397 e. The molecule has 0 amide bonds. The first-order valence-electron chi connectivity index (χ1n) is 6.05. The molecule has 0 radical (unpaired) electrons. The van der Waals surface area contributed by atoms with Crippen molar-refractivity contribution in [2.75, 3.05) is 17.7 Å². The molecule has 0 fully saturated rings. The molecule has 0 spiro atoms. The van der Waals surface area contributed by atoms with Crippen LogP contribution in [0, 0.1) is 12.8 Å². The van der Waals surface area contributed by atoms with Crippen molar-refractivity contribution < 1.29 is 5.11 Å². The van der Waals surface area contributed by atoms with Gasteiger partial charge in [-0.3, -0.25) is 0 Å². The summed E-state index contributed by atoms with van der Waals surface area (Å²) >= 11 is 1.64. The number of rotatable bonds is 4. The molecule has 0 saturated carbocycles. The molecular weight excluding hydrogens is 246 g/mol. The van der Waals surface area contributed by atoms with Crippen LogP contribution in [-0.2, 0) is 0 Å². The Morgan fingerprint density at radius 1 is 1.44 bits per heavy atom. The van der Waals surface area contributed by atoms with Crippen LogP contribution in [-0.4, -0.2) is 22.7 Å². The van der Waals surface area contributed by atoms with E-state index in [1.54, 1.807) is 11.3 Å². The van der Waals surface area contributed by atoms with Crippen molar-refractivity contribution in [3.05, 3.63) is 17.1 Å². The van der Waals surface area contributed by atoms with E-state index in [1.165, 1.54) is 0 Å². The Morgan fingerprint density at radius 2 is 2.17 bits per heavy atom. The number of nitrogens with two attached hydrogens (primary N) is 1. The molecule has 0 saturated heterocycles. The van der Waals surface area contributed by atoms with Crippen LogP contribution in [0.2, 0.25) is 0 Å². The molecule has 2 rings (SSSR count). The maximum atomic E-state index is 9.35. The number of aromatic nitrogens is 1. The summed E-state index contributed by atoms with van der Waals surface area (Å²) in [5, 5.41) is 13.7. The lowest BCUT2D eigenvalue weighted by atomic mass is 10.0. The number of aryl methyl sites for hydroxylation is 1. The van der Waals surface area contributed by atoms with E-state index in [-0.39, 0.29) is 12.6 Å². The molecule has 98 valence electrons. The zero-order chi connectivity index (χ0) is 13.3. The number of aliphatic hydroxyl groups is 1. The molecule has 0 aliphatic heterocycles. The van der Waals surface area contributed by atoms with Crippen molar-refractivity contribution in [1.82, 2.24) is 4.98 Å². The van der Waals surface area contributed by atoms with Gasteiger partial charge < -0.3 is 16.2 Å². The normalized spacial score (nSPS) is 13.2. The summed E-state index contributed by atoms with van der Waals surface area (Å²) in [6.45, 7) is 6.20. The quantitative estimate of drug-likeness (QED) is 0.743. The first kappa shape index (κ1) is 13.1. The SMILES string of the molecule is Cc1nc2cc(N[C@H](CO)C(C)C)c(N)cc2s1. The lowest BCUT2D eigenvalue weighted by Crippen LogP contribution is -2.29. The van der Waals surface area contributed by atoms with Gasteiger partial charge in [-0.2, -0.15) is 0 Å². The van der Waals surface area contributed by atoms with E-state index < -0.39 is 0 Å². The number of nitrogen functional groups attached to an aromatic ring is 1. The van der Waals surface area contributed by atoms with Gasteiger partial charge in [0.2, 0.25) is 0 Å². The first-order chi connectivity index (χ1) is 8.51. The average molecular weight is 265 g/mol. The van der Waals surface area contributed by atoms with E-state index in [0.29, 0.717) is 11.6 Å². The molecule has 0 aliphatic rings. The van der Waals surface area contributed by atoms with Gasteiger partial charge in [0.05, 0.1) is 39.2 Å². The van der Waals surface area contributed by atoms with Gasteiger partial charge in [0.1, 0.15) is 0 Å². The molecule has 4 N–H and O–H groups in total. The fourth-order valence-electron chi connectivity index (χ4n) is 1.85. The van der Waals surface area contributed by atoms with Crippen LogP contribution < -0.4 is 11.1 Å². The summed E-state index contributed by atoms with van der Waals surface area (Å²) in [4.78, 5) is 4.45. The average Bonchev–Trinajstić information content (AvgIpc) is 2.64. The summed E-state index contributed by atoms with van der Waals surface area (Å²) in [6.07, 6.45) is 0. The Bertz CT molecular complexity index is 550. The van der Waals surface area contributed by atoms with Crippen LogP contribution in [0.1, 0.15) is 18.9 Å². The zero-order valence-corrected chi connectivity index (χ0v) is 11.7. The summed E-state index contributed by atoms with van der Waals surface area (Å²) in [6, 6.07) is 3.90. The first-order valence-corrected chi connectivity index (χ1v) is 6.87. The van der Waals surface area contributed by atoms with E-state index in [9.17, 15) is 5.11 Å². The number of anilines is 2. The number of thiazole rings is 1. The van der Waals surface area contributed by atoms with Gasteiger partial charge >= 0.3 is 0 Å². The maximum Gasteiger partial charge on any atom is 0.0907 e. The predicted molar refractivity (Wildman–Crippen MR) is 78.1 cm³/mol. The van der Waals surface area contributed by atoms with Gasteiger partial charge in [0.15, 0.2) is 0 Å². The lowest BCUT2D eigenvalue weighted by molar-refractivity contribution is 0.249. The monoisotopic (exact) mass is 265 g/mol. The van der Waals surface area contributed by atoms with Crippen LogP contribution in [0.15, 0.2) is 12.1 Å². The molecule has 1 aromatic heterocycles. The molecule has 4 nitrogen and oxygen atoms in total. The van der Waals surface area contributed by atoms with Crippen molar-refractivity contribution in [3.63, 3.8) is 0 Å². The van der Waals surface area contributed by atoms with Gasteiger partial charge in [0, 0.05) is 0 Å². The fourth-order valence-corrected chi connectivity index (χ4v) is 2.71. The number of fused-ring (bicyclic) bond motifs is 1. The molecule has 0 bridgehead atoms. The van der Waals surface area contributed by atoms with Crippen molar-refractivity contribution in [2.45, 2.75) is 26.8 Å². The molecule has 0 unspecified atom stereocenters. The third-order valence-corrected chi connectivity index (χ3v) is 3.94. The lowest BCUT2D eigenvalue weighted by Gasteiger charge is -2.22. The molecule has 2 aromatic rings. The van der Waals surface area contributed by atoms with Crippen molar-refractivity contribution in [3.8, 4) is 0 Å². The summed E-state index contributed by atoms with van der Waals surface area (Å²) in [7, 11) is 0. The van der Waals surface area contributed by atoms with Gasteiger partial charge in [-0.1, -0.05) is 13.8 Å². The maximum absolute atomic E-state index is 9.35. The number of aliphatic hydroxyl groups excluding tert-OH is 1. The molecule has 1 heterocycles. The molecule has 1 aromatic carbocycles. The third kappa shape index (κ3) is 2.57. The van der Waals surface area contributed by atoms with E-state index in [2.05, 4.69) is 24.1 Å². The van der Waals surface area contributed by atoms with E-state index in [0.717, 1.165) is 20.9 Å². The van der Waals surface area contributed by atoms with Crippen LogP contribution in [0.25, 0.3) is 10.2 Å². The van der Waals surface area contributed by atoms with Crippen LogP contribution in [0.5, 0.6) is 0 Å². The fraction of sp³-hybridized carbons (Fsp3) is 0.462. The van der Waals surface area contributed by atoms with E-state index in [4.69, 9.17) is 5.73 Å². The summed E-state index contributed by atoms with van der Waals surface area (Å²) in [5.41, 5.74) is 8.53. The zero-order valence-electron chi connectivity index (χ0n) is 10.9. The Labute approximate surface area is 111 Å². The highest BCUT2D eigenvalue weighted by atomic mass is 32.1. The number of nitrogens with one attached hydrogen (secondary N) is 1. The van der Waals surface area contributed by atoms with Crippen LogP contribution >= 0.6 is 11.3 Å². The summed E-state index contributed by atoms with van der Waals surface area (Å²) in [5.74, 6) is 0.335. The Balaban J connectivity index is 2.35. The topological polar surface area (TPSA) is 71.2 Å². The largest absolute Gasteiger partial charge is 0.397 e.